The van der Waals surface area contributed by atoms with Gasteiger partial charge in [-0.25, -0.2) is 0 Å². The fraction of sp³-hybridized carbons (Fsp3) is 0.263. The van der Waals surface area contributed by atoms with Gasteiger partial charge in [0.25, 0.3) is 0 Å². The number of hydrogen-bond donors (Lipinski definition) is 2. The van der Waals surface area contributed by atoms with E-state index in [1.165, 1.54) is 0 Å². The number of carbonyl (C=O) groups is 2. The van der Waals surface area contributed by atoms with Crippen molar-refractivity contribution < 1.29 is 9.59 Å². The maximum Gasteiger partial charge on any atom is 0.243 e. The van der Waals surface area contributed by atoms with Crippen LogP contribution in [0, 0.1) is 6.92 Å². The molecule has 0 saturated heterocycles. The van der Waals surface area contributed by atoms with E-state index in [2.05, 4.69) is 42.5 Å². The van der Waals surface area contributed by atoms with E-state index >= 15 is 0 Å². The predicted octanol–water partition coefficient (Wildman–Crippen LogP) is 4.31. The number of rotatable bonds is 5. The molecule has 0 bridgehead atoms. The van der Waals surface area contributed by atoms with Crippen LogP contribution in [0.4, 0.5) is 5.69 Å². The van der Waals surface area contributed by atoms with Gasteiger partial charge in [0.05, 0.1) is 12.0 Å². The fourth-order valence-electron chi connectivity index (χ4n) is 2.83. The Kier molecular flexibility index (Phi) is 5.29. The van der Waals surface area contributed by atoms with E-state index in [4.69, 9.17) is 0 Å². The van der Waals surface area contributed by atoms with Crippen molar-refractivity contribution in [2.24, 2.45) is 0 Å². The Morgan fingerprint density at radius 3 is 2.28 bits per heavy atom. The van der Waals surface area contributed by atoms with E-state index in [1.807, 2.05) is 49.4 Å². The molecule has 0 spiro atoms. The number of anilines is 1. The first-order valence-electron chi connectivity index (χ1n) is 8.01. The summed E-state index contributed by atoms with van der Waals surface area (Å²) in [6.07, 6.45) is 1.63. The smallest absolute Gasteiger partial charge is 0.243 e. The highest BCUT2D eigenvalue weighted by Gasteiger charge is 2.51. The molecule has 1 saturated carbocycles. The van der Waals surface area contributed by atoms with Gasteiger partial charge < -0.3 is 10.6 Å². The van der Waals surface area contributed by atoms with Gasteiger partial charge in [0.1, 0.15) is 0 Å². The minimum absolute atomic E-state index is 0.0351. The Balaban J connectivity index is 1.58. The molecule has 1 aliphatic rings. The van der Waals surface area contributed by atoms with E-state index in [1.54, 1.807) is 0 Å². The standard InChI is InChI=1S/C19H18Br2N2O2/c1-12-10-15(21)6-7-16(12)23-17(24)11-22-18(25)19(8-9-19)13-2-4-14(20)5-3-13/h2-7,10H,8-9,11H2,1H3,(H,22,25)(H,23,24). The summed E-state index contributed by atoms with van der Waals surface area (Å²) < 4.78 is 1.94. The lowest BCUT2D eigenvalue weighted by Crippen LogP contribution is -2.39. The SMILES string of the molecule is Cc1cc(Br)ccc1NC(=O)CNC(=O)C1(c2ccc(Br)cc2)CC1. The highest BCUT2D eigenvalue weighted by molar-refractivity contribution is 9.10. The Morgan fingerprint density at radius 1 is 1.04 bits per heavy atom. The van der Waals surface area contributed by atoms with E-state index in [0.29, 0.717) is 0 Å². The zero-order valence-electron chi connectivity index (χ0n) is 13.7. The van der Waals surface area contributed by atoms with Gasteiger partial charge >= 0.3 is 0 Å². The van der Waals surface area contributed by atoms with Crippen LogP contribution < -0.4 is 10.6 Å². The van der Waals surface area contributed by atoms with Gasteiger partial charge in [-0.05, 0) is 61.2 Å². The summed E-state index contributed by atoms with van der Waals surface area (Å²) in [6, 6.07) is 13.4. The number of nitrogens with one attached hydrogen (secondary N) is 2. The summed E-state index contributed by atoms with van der Waals surface area (Å²) in [5.41, 5.74) is 2.23. The van der Waals surface area contributed by atoms with Crippen molar-refractivity contribution in [1.29, 1.82) is 0 Å². The molecule has 0 aromatic heterocycles. The molecule has 2 amide bonds. The van der Waals surface area contributed by atoms with Crippen molar-refractivity contribution in [2.75, 3.05) is 11.9 Å². The van der Waals surface area contributed by atoms with E-state index in [9.17, 15) is 9.59 Å². The lowest BCUT2D eigenvalue weighted by Gasteiger charge is -2.16. The Labute approximate surface area is 163 Å². The molecule has 0 radical (unpaired) electrons. The molecule has 1 aliphatic carbocycles. The van der Waals surface area contributed by atoms with Crippen molar-refractivity contribution in [3.8, 4) is 0 Å². The van der Waals surface area contributed by atoms with Gasteiger partial charge in [-0.15, -0.1) is 0 Å². The molecule has 1 fully saturated rings. The molecule has 130 valence electrons. The van der Waals surface area contributed by atoms with Crippen LogP contribution in [0.5, 0.6) is 0 Å². The highest BCUT2D eigenvalue weighted by Crippen LogP contribution is 2.48. The third-order valence-corrected chi connectivity index (χ3v) is 5.48. The third kappa shape index (κ3) is 4.12. The molecule has 2 aromatic rings. The molecular formula is C19H18Br2N2O2. The molecule has 0 aliphatic heterocycles. The van der Waals surface area contributed by atoms with Gasteiger partial charge in [-0.3, -0.25) is 9.59 Å². The Hall–Kier alpha value is -1.66. The molecule has 0 atom stereocenters. The maximum absolute atomic E-state index is 12.6. The number of halogens is 2. The molecule has 4 nitrogen and oxygen atoms in total. The summed E-state index contributed by atoms with van der Waals surface area (Å²) in [5.74, 6) is -0.317. The lowest BCUT2D eigenvalue weighted by atomic mass is 9.95. The summed E-state index contributed by atoms with van der Waals surface area (Å²) in [7, 11) is 0. The molecule has 2 N–H and O–H groups in total. The van der Waals surface area contributed by atoms with Crippen molar-refractivity contribution in [3.05, 3.63) is 62.5 Å². The van der Waals surface area contributed by atoms with E-state index < -0.39 is 5.41 Å². The second kappa shape index (κ2) is 7.30. The molecular weight excluding hydrogens is 448 g/mol. The fourth-order valence-corrected chi connectivity index (χ4v) is 3.57. The number of carbonyl (C=O) groups excluding carboxylic acids is 2. The average molecular weight is 466 g/mol. The van der Waals surface area contributed by atoms with Gasteiger partial charge in [0, 0.05) is 14.6 Å². The van der Waals surface area contributed by atoms with Gasteiger partial charge in [0.2, 0.25) is 11.8 Å². The van der Waals surface area contributed by atoms with E-state index in [0.717, 1.165) is 38.6 Å². The quantitative estimate of drug-likeness (QED) is 0.691. The van der Waals surface area contributed by atoms with Crippen LogP contribution in [0.25, 0.3) is 0 Å². The van der Waals surface area contributed by atoms with Crippen LogP contribution in [0.3, 0.4) is 0 Å². The van der Waals surface area contributed by atoms with Crippen molar-refractivity contribution in [3.63, 3.8) is 0 Å². The molecule has 0 heterocycles. The van der Waals surface area contributed by atoms with Crippen LogP contribution in [-0.2, 0) is 15.0 Å². The van der Waals surface area contributed by atoms with Gasteiger partial charge in [0.15, 0.2) is 0 Å². The lowest BCUT2D eigenvalue weighted by molar-refractivity contribution is -0.126. The first-order valence-corrected chi connectivity index (χ1v) is 9.60. The second-order valence-electron chi connectivity index (χ2n) is 6.28. The Bertz CT molecular complexity index is 815. The average Bonchev–Trinajstić information content (AvgIpc) is 3.38. The van der Waals surface area contributed by atoms with Gasteiger partial charge in [-0.2, -0.15) is 0 Å². The van der Waals surface area contributed by atoms with Crippen LogP contribution in [0.1, 0.15) is 24.0 Å². The van der Waals surface area contributed by atoms with Crippen LogP contribution in [-0.4, -0.2) is 18.4 Å². The Morgan fingerprint density at radius 2 is 1.68 bits per heavy atom. The highest BCUT2D eigenvalue weighted by atomic mass is 79.9. The molecule has 25 heavy (non-hydrogen) atoms. The minimum atomic E-state index is -0.478. The van der Waals surface area contributed by atoms with Crippen molar-refractivity contribution in [1.82, 2.24) is 5.32 Å². The number of hydrogen-bond acceptors (Lipinski definition) is 2. The summed E-state index contributed by atoms with van der Waals surface area (Å²) in [4.78, 5) is 24.7. The van der Waals surface area contributed by atoms with Gasteiger partial charge in [-0.1, -0.05) is 44.0 Å². The first-order chi connectivity index (χ1) is 11.9. The maximum atomic E-state index is 12.6. The predicted molar refractivity (Wildman–Crippen MR) is 106 cm³/mol. The number of aryl methyl sites for hydroxylation is 1. The van der Waals surface area contributed by atoms with Crippen molar-refractivity contribution in [2.45, 2.75) is 25.2 Å². The normalized spacial score (nSPS) is 14.7. The monoisotopic (exact) mass is 464 g/mol. The molecule has 3 rings (SSSR count). The topological polar surface area (TPSA) is 58.2 Å². The largest absolute Gasteiger partial charge is 0.346 e. The van der Waals surface area contributed by atoms with Crippen LogP contribution in [0.2, 0.25) is 0 Å². The van der Waals surface area contributed by atoms with E-state index in [-0.39, 0.29) is 18.4 Å². The zero-order chi connectivity index (χ0) is 18.0. The first kappa shape index (κ1) is 18.1. The van der Waals surface area contributed by atoms with Crippen LogP contribution >= 0.6 is 31.9 Å². The van der Waals surface area contributed by atoms with Crippen LogP contribution in [0.15, 0.2) is 51.4 Å². The summed E-state index contributed by atoms with van der Waals surface area (Å²) in [6.45, 7) is 1.89. The molecule has 6 heteroatoms. The third-order valence-electron chi connectivity index (χ3n) is 4.45. The number of amides is 2. The minimum Gasteiger partial charge on any atom is -0.346 e. The second-order valence-corrected chi connectivity index (χ2v) is 8.11. The molecule has 0 unspecified atom stereocenters. The number of benzene rings is 2. The van der Waals surface area contributed by atoms with Crippen molar-refractivity contribution >= 4 is 49.4 Å². The molecule has 2 aromatic carbocycles. The summed E-state index contributed by atoms with van der Waals surface area (Å²) in [5, 5.41) is 5.61. The summed E-state index contributed by atoms with van der Waals surface area (Å²) >= 11 is 6.80. The zero-order valence-corrected chi connectivity index (χ0v) is 16.9.